The van der Waals surface area contributed by atoms with Crippen LogP contribution >= 0.6 is 0 Å². The van der Waals surface area contributed by atoms with Crippen molar-refractivity contribution in [2.24, 2.45) is 0 Å². The molecule has 0 aliphatic heterocycles. The van der Waals surface area contributed by atoms with Gasteiger partial charge < -0.3 is 14.5 Å². The quantitative estimate of drug-likeness (QED) is 0.824. The Labute approximate surface area is 118 Å². The Balaban J connectivity index is 2.37. The van der Waals surface area contributed by atoms with Crippen LogP contribution in [0.5, 0.6) is 5.75 Å². The van der Waals surface area contributed by atoms with E-state index in [1.807, 2.05) is 0 Å². The molecule has 6 nitrogen and oxygen atoms in total. The van der Waals surface area contributed by atoms with Crippen LogP contribution in [0.2, 0.25) is 0 Å². The Bertz CT molecular complexity index is 498. The van der Waals surface area contributed by atoms with Crippen LogP contribution in [0.1, 0.15) is 33.8 Å². The lowest BCUT2D eigenvalue weighted by molar-refractivity contribution is 0.0813. The van der Waals surface area contributed by atoms with Crippen LogP contribution in [-0.2, 0) is 0 Å². The fourth-order valence-electron chi connectivity index (χ4n) is 1.63. The molecule has 1 heterocycles. The molecule has 0 N–H and O–H groups in total. The monoisotopic (exact) mass is 277 g/mol. The zero-order valence-corrected chi connectivity index (χ0v) is 12.2. The minimum absolute atomic E-state index is 0.196. The Kier molecular flexibility index (Phi) is 3.92. The first-order chi connectivity index (χ1) is 9.38. The molecule has 0 radical (unpaired) electrons. The fraction of sp³-hybridized carbons (Fsp3) is 0.500. The lowest BCUT2D eigenvalue weighted by Gasteiger charge is -2.14. The van der Waals surface area contributed by atoms with Gasteiger partial charge >= 0.3 is 0 Å². The highest BCUT2D eigenvalue weighted by atomic mass is 16.5. The molecule has 2 amide bonds. The molecular weight excluding hydrogens is 258 g/mol. The van der Waals surface area contributed by atoms with Gasteiger partial charge in [-0.1, -0.05) is 0 Å². The Morgan fingerprint density at radius 2 is 1.50 bits per heavy atom. The fourth-order valence-corrected chi connectivity index (χ4v) is 1.63. The van der Waals surface area contributed by atoms with Gasteiger partial charge in [-0.2, -0.15) is 0 Å². The lowest BCUT2D eigenvalue weighted by atomic mass is 10.2. The molecule has 1 aromatic heterocycles. The predicted molar refractivity (Wildman–Crippen MR) is 73.9 cm³/mol. The average molecular weight is 277 g/mol. The summed E-state index contributed by atoms with van der Waals surface area (Å²) >= 11 is 0. The van der Waals surface area contributed by atoms with Gasteiger partial charge in [0.2, 0.25) is 0 Å². The Hall–Kier alpha value is -2.11. The summed E-state index contributed by atoms with van der Waals surface area (Å²) in [5, 5.41) is 0. The van der Waals surface area contributed by atoms with Gasteiger partial charge in [0.25, 0.3) is 11.8 Å². The van der Waals surface area contributed by atoms with Crippen molar-refractivity contribution in [3.63, 3.8) is 0 Å². The minimum atomic E-state index is -0.251. The molecular formula is C14H19N3O3. The molecule has 1 fully saturated rings. The summed E-state index contributed by atoms with van der Waals surface area (Å²) in [5.41, 5.74) is 0.441. The van der Waals surface area contributed by atoms with Crippen molar-refractivity contribution in [2.75, 3.05) is 28.2 Å². The van der Waals surface area contributed by atoms with Crippen molar-refractivity contribution in [2.45, 2.75) is 18.9 Å². The molecule has 108 valence electrons. The third kappa shape index (κ3) is 3.26. The van der Waals surface area contributed by atoms with Gasteiger partial charge in [-0.15, -0.1) is 0 Å². The molecule has 20 heavy (non-hydrogen) atoms. The molecule has 0 bridgehead atoms. The average Bonchev–Trinajstić information content (AvgIpc) is 3.20. The molecule has 0 atom stereocenters. The number of carbonyl (C=O) groups excluding carboxylic acids is 2. The zero-order chi connectivity index (χ0) is 14.9. The van der Waals surface area contributed by atoms with E-state index in [0.29, 0.717) is 5.75 Å². The number of amides is 2. The summed E-state index contributed by atoms with van der Waals surface area (Å²) < 4.78 is 5.68. The minimum Gasteiger partial charge on any atom is -0.490 e. The number of nitrogens with zero attached hydrogens (tertiary/aromatic N) is 3. The van der Waals surface area contributed by atoms with Crippen LogP contribution in [0, 0.1) is 0 Å². The summed E-state index contributed by atoms with van der Waals surface area (Å²) in [5.74, 6) is 0.0241. The van der Waals surface area contributed by atoms with Crippen LogP contribution in [0.4, 0.5) is 0 Å². The van der Waals surface area contributed by atoms with Gasteiger partial charge in [-0.25, -0.2) is 4.98 Å². The summed E-state index contributed by atoms with van der Waals surface area (Å²) in [4.78, 5) is 31.0. The Morgan fingerprint density at radius 1 is 1.05 bits per heavy atom. The Morgan fingerprint density at radius 3 is 1.85 bits per heavy atom. The standard InChI is InChI=1S/C14H19N3O3/c1-16(2)13(18)11-7-10(20-9-5-6-9)8-12(15-11)14(19)17(3)4/h7-9H,5-6H2,1-4H3. The number of rotatable bonds is 4. The highest BCUT2D eigenvalue weighted by Crippen LogP contribution is 2.27. The SMILES string of the molecule is CN(C)C(=O)c1cc(OC2CC2)cc(C(=O)N(C)C)n1. The van der Waals surface area contributed by atoms with Crippen LogP contribution in [0.25, 0.3) is 0 Å². The molecule has 0 unspecified atom stereocenters. The molecule has 6 heteroatoms. The summed E-state index contributed by atoms with van der Waals surface area (Å²) in [7, 11) is 6.58. The number of carbonyl (C=O) groups is 2. The first-order valence-electron chi connectivity index (χ1n) is 6.50. The van der Waals surface area contributed by atoms with E-state index in [-0.39, 0.29) is 29.3 Å². The van der Waals surface area contributed by atoms with E-state index in [1.54, 1.807) is 40.3 Å². The molecule has 2 rings (SSSR count). The van der Waals surface area contributed by atoms with Crippen molar-refractivity contribution in [1.82, 2.24) is 14.8 Å². The van der Waals surface area contributed by atoms with E-state index >= 15 is 0 Å². The molecule has 0 aromatic carbocycles. The molecule has 1 saturated carbocycles. The molecule has 0 spiro atoms. The van der Waals surface area contributed by atoms with E-state index in [9.17, 15) is 9.59 Å². The number of ether oxygens (including phenoxy) is 1. The maximum Gasteiger partial charge on any atom is 0.272 e. The van der Waals surface area contributed by atoms with E-state index in [2.05, 4.69) is 4.98 Å². The topological polar surface area (TPSA) is 62.7 Å². The van der Waals surface area contributed by atoms with Crippen molar-refractivity contribution >= 4 is 11.8 Å². The van der Waals surface area contributed by atoms with Gasteiger partial charge in [0, 0.05) is 40.3 Å². The highest BCUT2D eigenvalue weighted by Gasteiger charge is 2.25. The third-order valence-corrected chi connectivity index (χ3v) is 2.88. The number of aromatic nitrogens is 1. The maximum absolute atomic E-state index is 12.0. The van der Waals surface area contributed by atoms with E-state index in [1.165, 1.54) is 9.80 Å². The molecule has 1 aliphatic carbocycles. The van der Waals surface area contributed by atoms with E-state index < -0.39 is 0 Å². The number of hydrogen-bond donors (Lipinski definition) is 0. The van der Waals surface area contributed by atoms with Gasteiger partial charge in [0.05, 0.1) is 6.10 Å². The number of hydrogen-bond acceptors (Lipinski definition) is 4. The molecule has 0 saturated heterocycles. The van der Waals surface area contributed by atoms with Crippen molar-refractivity contribution in [3.8, 4) is 5.75 Å². The zero-order valence-electron chi connectivity index (χ0n) is 12.2. The lowest BCUT2D eigenvalue weighted by Crippen LogP contribution is -2.26. The van der Waals surface area contributed by atoms with E-state index in [0.717, 1.165) is 12.8 Å². The van der Waals surface area contributed by atoms with Crippen molar-refractivity contribution in [1.29, 1.82) is 0 Å². The second-order valence-electron chi connectivity index (χ2n) is 5.29. The van der Waals surface area contributed by atoms with Crippen LogP contribution in [-0.4, -0.2) is 60.9 Å². The molecule has 1 aliphatic rings. The van der Waals surface area contributed by atoms with Crippen LogP contribution in [0.15, 0.2) is 12.1 Å². The van der Waals surface area contributed by atoms with Gasteiger partial charge in [0.1, 0.15) is 17.1 Å². The third-order valence-electron chi connectivity index (χ3n) is 2.88. The second kappa shape index (κ2) is 5.48. The van der Waals surface area contributed by atoms with Crippen molar-refractivity contribution in [3.05, 3.63) is 23.5 Å². The van der Waals surface area contributed by atoms with Crippen LogP contribution in [0.3, 0.4) is 0 Å². The first kappa shape index (κ1) is 14.3. The largest absolute Gasteiger partial charge is 0.490 e. The maximum atomic E-state index is 12.0. The van der Waals surface area contributed by atoms with Crippen LogP contribution < -0.4 is 4.74 Å². The molecule has 1 aromatic rings. The highest BCUT2D eigenvalue weighted by molar-refractivity contribution is 5.96. The smallest absolute Gasteiger partial charge is 0.272 e. The van der Waals surface area contributed by atoms with Gasteiger partial charge in [0.15, 0.2) is 0 Å². The first-order valence-corrected chi connectivity index (χ1v) is 6.50. The normalized spacial score (nSPS) is 13.8. The predicted octanol–water partition coefficient (Wildman–Crippen LogP) is 1.03. The summed E-state index contributed by atoms with van der Waals surface area (Å²) in [6.07, 6.45) is 2.22. The summed E-state index contributed by atoms with van der Waals surface area (Å²) in [6, 6.07) is 3.18. The van der Waals surface area contributed by atoms with Gasteiger partial charge in [-0.05, 0) is 12.8 Å². The van der Waals surface area contributed by atoms with Crippen molar-refractivity contribution < 1.29 is 14.3 Å². The summed E-state index contributed by atoms with van der Waals surface area (Å²) in [6.45, 7) is 0. The number of pyridine rings is 1. The van der Waals surface area contributed by atoms with E-state index in [4.69, 9.17) is 4.74 Å². The second-order valence-corrected chi connectivity index (χ2v) is 5.29. The van der Waals surface area contributed by atoms with Gasteiger partial charge in [-0.3, -0.25) is 9.59 Å².